The molecule has 2 aromatic rings. The molecule has 1 fully saturated rings. The number of hydrogen-bond acceptors (Lipinski definition) is 3. The van der Waals surface area contributed by atoms with E-state index in [1.165, 1.54) is 6.07 Å². The third kappa shape index (κ3) is 7.11. The van der Waals surface area contributed by atoms with Gasteiger partial charge in [0.05, 0.1) is 6.54 Å². The van der Waals surface area contributed by atoms with Gasteiger partial charge in [-0.3, -0.25) is 0 Å². The lowest BCUT2D eigenvalue weighted by Crippen LogP contribution is -2.36. The van der Waals surface area contributed by atoms with Gasteiger partial charge in [-0.1, -0.05) is 30.3 Å². The van der Waals surface area contributed by atoms with Crippen molar-refractivity contribution in [3.8, 4) is 5.75 Å². The van der Waals surface area contributed by atoms with Gasteiger partial charge >= 0.3 is 12.6 Å². The van der Waals surface area contributed by atoms with Gasteiger partial charge < -0.3 is 25.6 Å². The number of nitrogens with zero attached hydrogens (tertiary/aromatic N) is 2. The number of carbonyl (C=O) groups excluding carboxylic acids is 1. The molecule has 3 rings (SSSR count). The number of carbonyl (C=O) groups is 1. The molecule has 1 aliphatic heterocycles. The summed E-state index contributed by atoms with van der Waals surface area (Å²) < 4.78 is 29.8. The summed E-state index contributed by atoms with van der Waals surface area (Å²) in [5.74, 6) is 0.679. The first-order chi connectivity index (χ1) is 15.5. The van der Waals surface area contributed by atoms with Crippen LogP contribution in [0.5, 0.6) is 5.75 Å². The average Bonchev–Trinajstić information content (AvgIpc) is 3.32. The van der Waals surface area contributed by atoms with Gasteiger partial charge in [0.25, 0.3) is 0 Å². The van der Waals surface area contributed by atoms with Crippen LogP contribution < -0.4 is 20.7 Å². The van der Waals surface area contributed by atoms with E-state index in [2.05, 4.69) is 25.7 Å². The highest BCUT2D eigenvalue weighted by Gasteiger charge is 2.17. The summed E-state index contributed by atoms with van der Waals surface area (Å²) in [5.41, 5.74) is 2.26. The fraction of sp³-hybridized carbons (Fsp3) is 0.391. The van der Waals surface area contributed by atoms with Crippen LogP contribution in [-0.4, -0.2) is 43.1 Å². The molecule has 0 aromatic heterocycles. The number of amides is 2. The Labute approximate surface area is 186 Å². The van der Waals surface area contributed by atoms with Crippen LogP contribution in [0.3, 0.4) is 0 Å². The molecular weight excluding hydrogens is 416 g/mol. The molecule has 0 unspecified atom stereocenters. The van der Waals surface area contributed by atoms with Crippen LogP contribution in [0.4, 0.5) is 19.3 Å². The predicted molar refractivity (Wildman–Crippen MR) is 121 cm³/mol. The van der Waals surface area contributed by atoms with Gasteiger partial charge in [-0.05, 0) is 43.5 Å². The number of para-hydroxylation sites is 1. The van der Waals surface area contributed by atoms with Crippen molar-refractivity contribution in [1.82, 2.24) is 15.5 Å². The molecule has 0 saturated carbocycles. The summed E-state index contributed by atoms with van der Waals surface area (Å²) in [6, 6.07) is 14.1. The monoisotopic (exact) mass is 445 g/mol. The molecular formula is C23H29F2N5O2. The molecule has 32 heavy (non-hydrogen) atoms. The summed E-state index contributed by atoms with van der Waals surface area (Å²) >= 11 is 0. The Morgan fingerprint density at radius 2 is 1.91 bits per heavy atom. The number of alkyl halides is 2. The van der Waals surface area contributed by atoms with E-state index < -0.39 is 6.61 Å². The van der Waals surface area contributed by atoms with E-state index in [4.69, 9.17) is 0 Å². The summed E-state index contributed by atoms with van der Waals surface area (Å²) in [7, 11) is 0. The molecule has 0 bridgehead atoms. The minimum Gasteiger partial charge on any atom is -0.434 e. The van der Waals surface area contributed by atoms with Gasteiger partial charge in [-0.25, -0.2) is 9.79 Å². The van der Waals surface area contributed by atoms with Crippen molar-refractivity contribution in [2.75, 3.05) is 25.0 Å². The number of benzene rings is 2. The summed E-state index contributed by atoms with van der Waals surface area (Å²) in [6.45, 7) is 1.96. The number of aliphatic imine (C=N–C) groups is 1. The second kappa shape index (κ2) is 11.9. The van der Waals surface area contributed by atoms with Crippen LogP contribution in [-0.2, 0) is 13.1 Å². The van der Waals surface area contributed by atoms with E-state index in [1.807, 2.05) is 36.1 Å². The molecule has 1 aliphatic rings. The molecule has 9 heteroatoms. The van der Waals surface area contributed by atoms with E-state index in [0.717, 1.165) is 37.2 Å². The Bertz CT molecular complexity index is 917. The standard InChI is InChI=1S/C23H29F2N5O2/c1-2-26-22(28-16-18-9-3-4-11-20(18)32-21(24)25)27-15-17-8-7-10-19(14-17)29-23(31)30-12-5-6-13-30/h3-4,7-11,14,21H,2,5-6,12-13,15-16H2,1H3,(H,29,31)(H2,26,27,28). The van der Waals surface area contributed by atoms with Crippen molar-refractivity contribution >= 4 is 17.7 Å². The Morgan fingerprint density at radius 3 is 2.66 bits per heavy atom. The normalized spacial score (nSPS) is 13.9. The van der Waals surface area contributed by atoms with Crippen LogP contribution in [0, 0.1) is 0 Å². The lowest BCUT2D eigenvalue weighted by Gasteiger charge is -2.16. The number of rotatable bonds is 8. The SMILES string of the molecule is CCNC(=NCc1cccc(NC(=O)N2CCCC2)c1)NCc1ccccc1OC(F)F. The van der Waals surface area contributed by atoms with Gasteiger partial charge in [0.2, 0.25) is 0 Å². The maximum absolute atomic E-state index is 12.6. The zero-order valence-electron chi connectivity index (χ0n) is 18.1. The van der Waals surface area contributed by atoms with Crippen molar-refractivity contribution in [1.29, 1.82) is 0 Å². The number of ether oxygens (including phenoxy) is 1. The lowest BCUT2D eigenvalue weighted by atomic mass is 10.2. The van der Waals surface area contributed by atoms with E-state index in [1.54, 1.807) is 18.2 Å². The molecule has 2 aromatic carbocycles. The molecule has 0 aliphatic carbocycles. The molecule has 1 saturated heterocycles. The largest absolute Gasteiger partial charge is 0.434 e. The van der Waals surface area contributed by atoms with Gasteiger partial charge in [0.15, 0.2) is 5.96 Å². The predicted octanol–water partition coefficient (Wildman–Crippen LogP) is 4.17. The highest BCUT2D eigenvalue weighted by Crippen LogP contribution is 2.20. The Kier molecular flexibility index (Phi) is 8.65. The number of anilines is 1. The summed E-state index contributed by atoms with van der Waals surface area (Å²) in [5, 5.41) is 9.22. The zero-order valence-corrected chi connectivity index (χ0v) is 18.1. The number of urea groups is 1. The molecule has 2 amide bonds. The van der Waals surface area contributed by atoms with Crippen molar-refractivity contribution < 1.29 is 18.3 Å². The van der Waals surface area contributed by atoms with Crippen LogP contribution in [0.2, 0.25) is 0 Å². The molecule has 1 heterocycles. The Balaban J connectivity index is 1.61. The van der Waals surface area contributed by atoms with Gasteiger partial charge in [0.1, 0.15) is 5.75 Å². The number of guanidine groups is 1. The molecule has 0 radical (unpaired) electrons. The second-order valence-electron chi connectivity index (χ2n) is 7.36. The van der Waals surface area contributed by atoms with Crippen molar-refractivity contribution in [2.24, 2.45) is 4.99 Å². The highest BCUT2D eigenvalue weighted by atomic mass is 19.3. The number of hydrogen-bond donors (Lipinski definition) is 3. The quantitative estimate of drug-likeness (QED) is 0.421. The molecule has 7 nitrogen and oxygen atoms in total. The first-order valence-corrected chi connectivity index (χ1v) is 10.7. The van der Waals surface area contributed by atoms with Crippen molar-refractivity contribution in [3.05, 3.63) is 59.7 Å². The van der Waals surface area contributed by atoms with Gasteiger partial charge in [-0.15, -0.1) is 0 Å². The van der Waals surface area contributed by atoms with E-state index >= 15 is 0 Å². The van der Waals surface area contributed by atoms with E-state index in [9.17, 15) is 13.6 Å². The van der Waals surface area contributed by atoms with Crippen LogP contribution in [0.25, 0.3) is 0 Å². The number of likely N-dealkylation sites (tertiary alicyclic amines) is 1. The molecule has 0 spiro atoms. The van der Waals surface area contributed by atoms with E-state index in [-0.39, 0.29) is 18.3 Å². The van der Waals surface area contributed by atoms with Gasteiger partial charge in [0, 0.05) is 37.4 Å². The summed E-state index contributed by atoms with van der Waals surface area (Å²) in [6.07, 6.45) is 2.09. The third-order valence-electron chi connectivity index (χ3n) is 4.97. The minimum absolute atomic E-state index is 0.0807. The number of nitrogens with one attached hydrogen (secondary N) is 3. The zero-order chi connectivity index (χ0) is 22.8. The highest BCUT2D eigenvalue weighted by molar-refractivity contribution is 5.89. The maximum atomic E-state index is 12.6. The van der Waals surface area contributed by atoms with Crippen LogP contribution in [0.1, 0.15) is 30.9 Å². The maximum Gasteiger partial charge on any atom is 0.387 e. The smallest absolute Gasteiger partial charge is 0.387 e. The average molecular weight is 446 g/mol. The third-order valence-corrected chi connectivity index (χ3v) is 4.97. The first-order valence-electron chi connectivity index (χ1n) is 10.7. The molecule has 172 valence electrons. The van der Waals surface area contributed by atoms with Crippen LogP contribution in [0.15, 0.2) is 53.5 Å². The Morgan fingerprint density at radius 1 is 1.12 bits per heavy atom. The summed E-state index contributed by atoms with van der Waals surface area (Å²) in [4.78, 5) is 18.7. The number of halogens is 2. The van der Waals surface area contributed by atoms with Gasteiger partial charge in [-0.2, -0.15) is 8.78 Å². The molecule has 0 atom stereocenters. The van der Waals surface area contributed by atoms with Crippen molar-refractivity contribution in [2.45, 2.75) is 39.5 Å². The minimum atomic E-state index is -2.88. The topological polar surface area (TPSA) is 78.0 Å². The lowest BCUT2D eigenvalue weighted by molar-refractivity contribution is -0.0504. The fourth-order valence-electron chi connectivity index (χ4n) is 3.42. The van der Waals surface area contributed by atoms with E-state index in [0.29, 0.717) is 24.6 Å². The first kappa shape index (κ1) is 23.3. The Hall–Kier alpha value is -3.36. The molecule has 3 N–H and O–H groups in total. The fourth-order valence-corrected chi connectivity index (χ4v) is 3.42. The second-order valence-corrected chi connectivity index (χ2v) is 7.36. The van der Waals surface area contributed by atoms with Crippen molar-refractivity contribution in [3.63, 3.8) is 0 Å². The van der Waals surface area contributed by atoms with Crippen LogP contribution >= 0.6 is 0 Å².